The molecule has 0 radical (unpaired) electrons. The van der Waals surface area contributed by atoms with Crippen LogP contribution >= 0.6 is 23.2 Å². The number of ether oxygens (including phenoxy) is 1. The van der Waals surface area contributed by atoms with Crippen molar-refractivity contribution in [2.24, 2.45) is 0 Å². The number of nitrogens with zero attached hydrogens (tertiary/aromatic N) is 2. The maximum Gasteiger partial charge on any atom is 0.275 e. The normalized spacial score (nSPS) is 11.4. The van der Waals surface area contributed by atoms with Gasteiger partial charge in [0.1, 0.15) is 5.75 Å². The number of nitro groups is 1. The number of carbonyl (C=O) groups excluding carboxylic acids is 1. The van der Waals surface area contributed by atoms with Gasteiger partial charge in [-0.25, -0.2) is 8.42 Å². The third-order valence-electron chi connectivity index (χ3n) is 4.00. The second-order valence-corrected chi connectivity index (χ2v) is 8.85. The second kappa shape index (κ2) is 8.95. The Morgan fingerprint density at radius 2 is 1.93 bits per heavy atom. The summed E-state index contributed by atoms with van der Waals surface area (Å²) in [6.07, 6.45) is 0. The van der Waals surface area contributed by atoms with Crippen LogP contribution in [0.2, 0.25) is 10.0 Å². The first-order chi connectivity index (χ1) is 13.5. The van der Waals surface area contributed by atoms with Gasteiger partial charge in [-0.05, 0) is 31.2 Å². The van der Waals surface area contributed by atoms with Crippen molar-refractivity contribution in [2.45, 2.75) is 11.8 Å². The fraction of sp³-hybridized carbons (Fsp3) is 0.235. The first-order valence-electron chi connectivity index (χ1n) is 8.01. The Bertz CT molecular complexity index is 1080. The molecule has 0 aliphatic rings. The number of methoxy groups -OCH3 is 1. The molecule has 0 aliphatic carbocycles. The van der Waals surface area contributed by atoms with Crippen molar-refractivity contribution in [1.82, 2.24) is 4.31 Å². The van der Waals surface area contributed by atoms with E-state index in [1.807, 2.05) is 0 Å². The number of anilines is 1. The topological polar surface area (TPSA) is 119 Å². The Balaban J connectivity index is 2.26. The van der Waals surface area contributed by atoms with E-state index in [-0.39, 0.29) is 16.3 Å². The lowest BCUT2D eigenvalue weighted by Crippen LogP contribution is -2.35. The summed E-state index contributed by atoms with van der Waals surface area (Å²) in [5.74, 6) is -0.321. The zero-order valence-corrected chi connectivity index (χ0v) is 17.9. The molecule has 0 fully saturated rings. The minimum atomic E-state index is -4.22. The van der Waals surface area contributed by atoms with Crippen molar-refractivity contribution >= 4 is 50.5 Å². The van der Waals surface area contributed by atoms with Gasteiger partial charge >= 0.3 is 0 Å². The summed E-state index contributed by atoms with van der Waals surface area (Å²) in [7, 11) is -1.64. The lowest BCUT2D eigenvalue weighted by Gasteiger charge is -2.18. The largest absolute Gasteiger partial charge is 0.495 e. The summed E-state index contributed by atoms with van der Waals surface area (Å²) >= 11 is 11.8. The zero-order valence-electron chi connectivity index (χ0n) is 15.6. The van der Waals surface area contributed by atoms with Gasteiger partial charge in [-0.3, -0.25) is 14.9 Å². The number of hydrogen-bond donors (Lipinski definition) is 1. The molecule has 1 amide bonds. The molecule has 0 unspecified atom stereocenters. The number of nitro benzene ring substituents is 1. The quantitative estimate of drug-likeness (QED) is 0.497. The number of likely N-dealkylation sites (N-methyl/N-ethyl adjacent to an activating group) is 1. The average Bonchev–Trinajstić information content (AvgIpc) is 2.63. The highest BCUT2D eigenvalue weighted by atomic mass is 35.5. The lowest BCUT2D eigenvalue weighted by molar-refractivity contribution is -0.385. The van der Waals surface area contributed by atoms with Crippen molar-refractivity contribution in [1.29, 1.82) is 0 Å². The molecule has 0 atom stereocenters. The van der Waals surface area contributed by atoms with Gasteiger partial charge in [0.05, 0.1) is 34.2 Å². The highest BCUT2D eigenvalue weighted by molar-refractivity contribution is 7.89. The maximum absolute atomic E-state index is 12.8. The molecule has 1 N–H and O–H groups in total. The first-order valence-corrected chi connectivity index (χ1v) is 10.2. The average molecular weight is 462 g/mol. The number of benzene rings is 2. The highest BCUT2D eigenvalue weighted by Crippen LogP contribution is 2.31. The van der Waals surface area contributed by atoms with Crippen LogP contribution in [0.3, 0.4) is 0 Å². The smallest absolute Gasteiger partial charge is 0.275 e. The highest BCUT2D eigenvalue weighted by Gasteiger charge is 2.27. The number of nitrogens with one attached hydrogen (secondary N) is 1. The molecule has 2 aromatic rings. The fourth-order valence-electron chi connectivity index (χ4n) is 2.41. The van der Waals surface area contributed by atoms with Crippen LogP contribution < -0.4 is 10.1 Å². The van der Waals surface area contributed by atoms with Gasteiger partial charge < -0.3 is 10.1 Å². The third-order valence-corrected chi connectivity index (χ3v) is 6.41. The summed E-state index contributed by atoms with van der Waals surface area (Å²) in [4.78, 5) is 22.4. The van der Waals surface area contributed by atoms with Crippen molar-refractivity contribution in [3.05, 3.63) is 56.1 Å². The van der Waals surface area contributed by atoms with Gasteiger partial charge in [-0.15, -0.1) is 0 Å². The third kappa shape index (κ3) is 5.15. The number of amides is 1. The molecule has 0 aromatic heterocycles. The van der Waals surface area contributed by atoms with Gasteiger partial charge in [0.15, 0.2) is 0 Å². The van der Waals surface area contributed by atoms with Crippen molar-refractivity contribution < 1.29 is 22.9 Å². The van der Waals surface area contributed by atoms with E-state index in [0.29, 0.717) is 10.8 Å². The van der Waals surface area contributed by atoms with Gasteiger partial charge in [-0.1, -0.05) is 23.2 Å². The van der Waals surface area contributed by atoms with Crippen molar-refractivity contribution in [2.75, 3.05) is 26.0 Å². The molecular formula is C17H17Cl2N3O6S. The minimum Gasteiger partial charge on any atom is -0.495 e. The van der Waals surface area contributed by atoms with Crippen molar-refractivity contribution in [3.63, 3.8) is 0 Å². The molecule has 29 heavy (non-hydrogen) atoms. The first kappa shape index (κ1) is 22.9. The maximum atomic E-state index is 12.8. The van der Waals surface area contributed by atoms with Crippen LogP contribution in [0.4, 0.5) is 11.4 Å². The Labute approximate surface area is 177 Å². The van der Waals surface area contributed by atoms with Gasteiger partial charge in [0.25, 0.3) is 5.69 Å². The Hall–Kier alpha value is -2.40. The molecule has 0 aliphatic heterocycles. The molecule has 2 rings (SSSR count). The molecule has 0 saturated carbocycles. The van der Waals surface area contributed by atoms with Crippen LogP contribution in [0.25, 0.3) is 0 Å². The van der Waals surface area contributed by atoms with Crippen LogP contribution in [-0.2, 0) is 14.8 Å². The molecule has 2 aromatic carbocycles. The molecule has 0 spiro atoms. The van der Waals surface area contributed by atoms with Gasteiger partial charge in [0.2, 0.25) is 15.9 Å². The van der Waals surface area contributed by atoms with Gasteiger partial charge in [-0.2, -0.15) is 4.31 Å². The molecule has 156 valence electrons. The van der Waals surface area contributed by atoms with E-state index in [0.717, 1.165) is 16.4 Å². The van der Waals surface area contributed by atoms with Gasteiger partial charge in [0, 0.05) is 23.7 Å². The number of carbonyl (C=O) groups is 1. The molecule has 0 bridgehead atoms. The van der Waals surface area contributed by atoms with E-state index >= 15 is 0 Å². The molecule has 0 saturated heterocycles. The van der Waals surface area contributed by atoms with E-state index in [1.165, 1.54) is 27.1 Å². The van der Waals surface area contributed by atoms with Crippen LogP contribution in [0.1, 0.15) is 5.56 Å². The van der Waals surface area contributed by atoms with E-state index in [9.17, 15) is 23.3 Å². The van der Waals surface area contributed by atoms with E-state index in [1.54, 1.807) is 12.1 Å². The van der Waals surface area contributed by atoms with E-state index in [4.69, 9.17) is 27.9 Å². The summed E-state index contributed by atoms with van der Waals surface area (Å²) in [6.45, 7) is 0.851. The van der Waals surface area contributed by atoms with Crippen LogP contribution in [-0.4, -0.2) is 44.3 Å². The minimum absolute atomic E-state index is 0.0701. The Morgan fingerprint density at radius 1 is 1.28 bits per heavy atom. The predicted octanol–water partition coefficient (Wildman–Crippen LogP) is 3.48. The SMILES string of the molecule is COc1ccc(Cl)cc1NC(=O)CN(C)S(=O)(=O)c1cc(Cl)c(C)c([N+](=O)[O-])c1. The van der Waals surface area contributed by atoms with Crippen LogP contribution in [0.15, 0.2) is 35.2 Å². The fourth-order valence-corrected chi connectivity index (χ4v) is 4.04. The number of hydrogen-bond acceptors (Lipinski definition) is 6. The summed E-state index contributed by atoms with van der Waals surface area (Å²) in [5.41, 5.74) is -0.0218. The standard InChI is InChI=1S/C17H17Cl2N3O6S/c1-10-13(19)7-12(8-15(10)22(24)25)29(26,27)21(2)9-17(23)20-14-6-11(18)4-5-16(14)28-3/h4-8H,9H2,1-3H3,(H,20,23). The monoisotopic (exact) mass is 461 g/mol. The number of sulfonamides is 1. The number of rotatable bonds is 7. The molecular weight excluding hydrogens is 445 g/mol. The van der Waals surface area contributed by atoms with E-state index < -0.39 is 38.0 Å². The zero-order chi connectivity index (χ0) is 21.9. The summed E-state index contributed by atoms with van der Waals surface area (Å²) < 4.78 is 31.4. The lowest BCUT2D eigenvalue weighted by atomic mass is 10.2. The molecule has 9 nitrogen and oxygen atoms in total. The Morgan fingerprint density at radius 3 is 2.52 bits per heavy atom. The van der Waals surface area contributed by atoms with Crippen molar-refractivity contribution in [3.8, 4) is 5.75 Å². The summed E-state index contributed by atoms with van der Waals surface area (Å²) in [5, 5.41) is 13.9. The van der Waals surface area contributed by atoms with Crippen LogP contribution in [0, 0.1) is 17.0 Å². The Kier molecular flexibility index (Phi) is 7.06. The van der Waals surface area contributed by atoms with E-state index in [2.05, 4.69) is 5.32 Å². The predicted molar refractivity (Wildman–Crippen MR) is 109 cm³/mol. The molecule has 12 heteroatoms. The summed E-state index contributed by atoms with van der Waals surface area (Å²) in [6, 6.07) is 6.58. The second-order valence-electron chi connectivity index (χ2n) is 5.96. The van der Waals surface area contributed by atoms with Crippen LogP contribution in [0.5, 0.6) is 5.75 Å². The molecule has 0 heterocycles. The number of halogens is 2.